The second-order valence-electron chi connectivity index (χ2n) is 12.3. The average Bonchev–Trinajstić information content (AvgIpc) is 3.33. The number of nitrogens with one attached hydrogen (secondary N) is 2. The molecule has 40 heavy (non-hydrogen) atoms. The number of aryl methyl sites for hydroxylation is 2. The smallest absolute Gasteiger partial charge is 0.253 e. The predicted octanol–water partition coefficient (Wildman–Crippen LogP) is 5.02. The van der Waals surface area contributed by atoms with Gasteiger partial charge in [-0.1, -0.05) is 38.2 Å². The minimum atomic E-state index is -0.217. The fraction of sp³-hybridized carbons (Fsp3) is 0.562. The van der Waals surface area contributed by atoms with Gasteiger partial charge in [-0.05, 0) is 74.4 Å². The van der Waals surface area contributed by atoms with E-state index in [0.29, 0.717) is 24.8 Å². The molecule has 1 heterocycles. The van der Waals surface area contributed by atoms with E-state index in [1.807, 2.05) is 44.0 Å². The lowest BCUT2D eigenvalue weighted by molar-refractivity contribution is -0.117. The monoisotopic (exact) mass is 548 g/mol. The van der Waals surface area contributed by atoms with Crippen molar-refractivity contribution < 1.29 is 19.8 Å². The van der Waals surface area contributed by atoms with E-state index in [0.717, 1.165) is 60.9 Å². The molecule has 1 saturated heterocycles. The maximum absolute atomic E-state index is 13.2. The summed E-state index contributed by atoms with van der Waals surface area (Å²) in [6.45, 7) is 5.46. The molecule has 8 nitrogen and oxygen atoms in total. The molecule has 1 spiro atoms. The standard InChI is InChI=1S/C32H44N4O4/c1-21-15-23(31(40)35(3)24-9-5-4-6-10-24)16-22(2)30(21)34-29(39)18-36-19-32(33-20-36)14-8-7-11-27(32)26-13-12-25(37)17-28(26)38/h12-13,15-17,24,27,33,37-38H,4-11,14,18-20H2,1-3H3,(H,34,39). The fourth-order valence-electron chi connectivity index (χ4n) is 7.32. The van der Waals surface area contributed by atoms with Crippen molar-refractivity contribution in [1.29, 1.82) is 0 Å². The van der Waals surface area contributed by atoms with Gasteiger partial charge in [0.1, 0.15) is 11.5 Å². The molecule has 0 bridgehead atoms. The van der Waals surface area contributed by atoms with Crippen molar-refractivity contribution in [2.24, 2.45) is 0 Å². The summed E-state index contributed by atoms with van der Waals surface area (Å²) in [7, 11) is 1.91. The van der Waals surface area contributed by atoms with E-state index in [1.54, 1.807) is 6.07 Å². The normalized spacial score (nSPS) is 23.8. The third kappa shape index (κ3) is 5.84. The number of hydrogen-bond donors (Lipinski definition) is 4. The minimum Gasteiger partial charge on any atom is -0.508 e. The quantitative estimate of drug-likeness (QED) is 0.404. The summed E-state index contributed by atoms with van der Waals surface area (Å²) in [6.07, 6.45) is 9.85. The molecule has 2 aliphatic carbocycles. The molecule has 2 unspecified atom stereocenters. The van der Waals surface area contributed by atoms with Gasteiger partial charge in [0.05, 0.1) is 6.54 Å². The lowest BCUT2D eigenvalue weighted by atomic mass is 9.69. The van der Waals surface area contributed by atoms with Crippen LogP contribution in [0.4, 0.5) is 5.69 Å². The molecule has 4 N–H and O–H groups in total. The summed E-state index contributed by atoms with van der Waals surface area (Å²) < 4.78 is 0. The highest BCUT2D eigenvalue weighted by atomic mass is 16.3. The molecule has 1 aliphatic heterocycles. The van der Waals surface area contributed by atoms with E-state index in [9.17, 15) is 19.8 Å². The molecule has 3 fully saturated rings. The first-order valence-corrected chi connectivity index (χ1v) is 14.8. The number of hydrogen-bond acceptors (Lipinski definition) is 6. The number of carbonyl (C=O) groups excluding carboxylic acids is 2. The number of benzene rings is 2. The Bertz CT molecular complexity index is 1230. The van der Waals surface area contributed by atoms with Crippen LogP contribution in [0.1, 0.15) is 90.8 Å². The third-order valence-corrected chi connectivity index (χ3v) is 9.44. The van der Waals surface area contributed by atoms with Gasteiger partial charge in [0.15, 0.2) is 0 Å². The second kappa shape index (κ2) is 11.8. The van der Waals surface area contributed by atoms with Crippen LogP contribution in [0.3, 0.4) is 0 Å². The van der Waals surface area contributed by atoms with Crippen molar-refractivity contribution in [3.05, 3.63) is 52.6 Å². The SMILES string of the molecule is Cc1cc(C(=O)N(C)C2CCCCC2)cc(C)c1NC(=O)CN1CNC2(CCCCC2c2ccc(O)cc2O)C1. The van der Waals surface area contributed by atoms with Gasteiger partial charge in [0, 0.05) is 55.1 Å². The molecule has 2 amide bonds. The van der Waals surface area contributed by atoms with Gasteiger partial charge in [-0.25, -0.2) is 0 Å². The molecule has 0 aromatic heterocycles. The van der Waals surface area contributed by atoms with Gasteiger partial charge in [-0.15, -0.1) is 0 Å². The number of nitrogens with zero attached hydrogens (tertiary/aromatic N) is 2. The first-order valence-electron chi connectivity index (χ1n) is 14.8. The zero-order chi connectivity index (χ0) is 28.4. The highest BCUT2D eigenvalue weighted by molar-refractivity contribution is 5.98. The van der Waals surface area contributed by atoms with Gasteiger partial charge < -0.3 is 20.4 Å². The van der Waals surface area contributed by atoms with Crippen LogP contribution in [0.2, 0.25) is 0 Å². The first-order chi connectivity index (χ1) is 19.2. The molecule has 8 heteroatoms. The van der Waals surface area contributed by atoms with Crippen molar-refractivity contribution in [2.45, 2.75) is 89.1 Å². The Hall–Kier alpha value is -3.10. The third-order valence-electron chi connectivity index (χ3n) is 9.44. The first kappa shape index (κ1) is 28.4. The Morgan fingerprint density at radius 3 is 2.42 bits per heavy atom. The van der Waals surface area contributed by atoms with E-state index in [2.05, 4.69) is 15.5 Å². The van der Waals surface area contributed by atoms with Crippen LogP contribution in [0.25, 0.3) is 0 Å². The lowest BCUT2D eigenvalue weighted by Crippen LogP contribution is -2.50. The number of aromatic hydroxyl groups is 2. The van der Waals surface area contributed by atoms with Gasteiger partial charge in [-0.3, -0.25) is 19.8 Å². The van der Waals surface area contributed by atoms with Crippen molar-refractivity contribution >= 4 is 17.5 Å². The van der Waals surface area contributed by atoms with E-state index in [1.165, 1.54) is 25.3 Å². The Balaban J connectivity index is 1.23. The Labute approximate surface area is 237 Å². The van der Waals surface area contributed by atoms with Crippen LogP contribution < -0.4 is 10.6 Å². The van der Waals surface area contributed by atoms with Crippen molar-refractivity contribution in [3.63, 3.8) is 0 Å². The van der Waals surface area contributed by atoms with Crippen LogP contribution in [0.15, 0.2) is 30.3 Å². The van der Waals surface area contributed by atoms with Gasteiger partial charge in [-0.2, -0.15) is 0 Å². The Morgan fingerprint density at radius 2 is 1.73 bits per heavy atom. The highest BCUT2D eigenvalue weighted by Crippen LogP contribution is 2.46. The summed E-state index contributed by atoms with van der Waals surface area (Å²) in [6, 6.07) is 8.97. The molecule has 5 rings (SSSR count). The topological polar surface area (TPSA) is 105 Å². The number of phenols is 2. The van der Waals surface area contributed by atoms with Crippen molar-refractivity contribution in [2.75, 3.05) is 32.1 Å². The van der Waals surface area contributed by atoms with Crippen LogP contribution in [0, 0.1) is 13.8 Å². The number of phenolic OH excluding ortho intramolecular Hbond substituents is 2. The zero-order valence-corrected chi connectivity index (χ0v) is 24.1. The number of anilines is 1. The number of rotatable bonds is 6. The molecule has 3 aliphatic rings. The largest absolute Gasteiger partial charge is 0.508 e. The Morgan fingerprint density at radius 1 is 1.02 bits per heavy atom. The van der Waals surface area contributed by atoms with Gasteiger partial charge in [0.25, 0.3) is 5.91 Å². The maximum Gasteiger partial charge on any atom is 0.253 e. The summed E-state index contributed by atoms with van der Waals surface area (Å²) in [4.78, 5) is 30.5. The van der Waals surface area contributed by atoms with Crippen LogP contribution in [-0.4, -0.2) is 70.2 Å². The molecule has 216 valence electrons. The summed E-state index contributed by atoms with van der Waals surface area (Å²) in [5, 5.41) is 27.1. The molecule has 2 aromatic carbocycles. The van der Waals surface area contributed by atoms with E-state index < -0.39 is 0 Å². The lowest BCUT2D eigenvalue weighted by Gasteiger charge is -2.42. The van der Waals surface area contributed by atoms with Crippen molar-refractivity contribution in [3.8, 4) is 11.5 Å². The van der Waals surface area contributed by atoms with Crippen LogP contribution >= 0.6 is 0 Å². The average molecular weight is 549 g/mol. The van der Waals surface area contributed by atoms with Crippen molar-refractivity contribution in [1.82, 2.24) is 15.1 Å². The maximum atomic E-state index is 13.2. The second-order valence-corrected chi connectivity index (χ2v) is 12.3. The van der Waals surface area contributed by atoms with Gasteiger partial charge in [0.2, 0.25) is 5.91 Å². The minimum absolute atomic E-state index is 0.0473. The molecular formula is C32H44N4O4. The molecule has 2 atom stereocenters. The Kier molecular flexibility index (Phi) is 8.38. The van der Waals surface area contributed by atoms with E-state index in [-0.39, 0.29) is 41.3 Å². The summed E-state index contributed by atoms with van der Waals surface area (Å²) in [5.41, 5.74) is 3.86. The molecule has 2 aromatic rings. The number of amides is 2. The highest BCUT2D eigenvalue weighted by Gasteiger charge is 2.47. The number of carbonyl (C=O) groups is 2. The van der Waals surface area contributed by atoms with E-state index >= 15 is 0 Å². The fourth-order valence-corrected chi connectivity index (χ4v) is 7.32. The summed E-state index contributed by atoms with van der Waals surface area (Å²) >= 11 is 0. The van der Waals surface area contributed by atoms with Gasteiger partial charge >= 0.3 is 0 Å². The molecule has 2 saturated carbocycles. The molecular weight excluding hydrogens is 504 g/mol. The summed E-state index contributed by atoms with van der Waals surface area (Å²) in [5.74, 6) is 0.260. The zero-order valence-electron chi connectivity index (χ0n) is 24.1. The van der Waals surface area contributed by atoms with Crippen LogP contribution in [0.5, 0.6) is 11.5 Å². The molecule has 0 radical (unpaired) electrons. The predicted molar refractivity (Wildman–Crippen MR) is 157 cm³/mol. The van der Waals surface area contributed by atoms with E-state index in [4.69, 9.17) is 0 Å². The van der Waals surface area contributed by atoms with Crippen LogP contribution in [-0.2, 0) is 4.79 Å².